The lowest BCUT2D eigenvalue weighted by Crippen LogP contribution is -2.22. The molecular formula is C18H27ClN4O2. The number of hydrogen-bond donors (Lipinski definition) is 2. The fraction of sp³-hybridized carbons (Fsp3) is 0.444. The number of aromatic nitrogens is 2. The molecule has 1 amide bonds. The van der Waals surface area contributed by atoms with Gasteiger partial charge in [0, 0.05) is 13.5 Å². The first-order chi connectivity index (χ1) is 11.6. The smallest absolute Gasteiger partial charge is 0.295 e. The zero-order chi connectivity index (χ0) is 17.5. The Morgan fingerprint density at radius 1 is 1.12 bits per heavy atom. The molecule has 0 aliphatic carbocycles. The molecule has 0 spiro atoms. The van der Waals surface area contributed by atoms with Gasteiger partial charge in [-0.3, -0.25) is 14.3 Å². The quantitative estimate of drug-likeness (QED) is 0.705. The number of para-hydroxylation sites is 1. The van der Waals surface area contributed by atoms with Crippen molar-refractivity contribution in [1.29, 1.82) is 0 Å². The minimum absolute atomic E-state index is 0. The van der Waals surface area contributed by atoms with Crippen LogP contribution in [0.2, 0.25) is 0 Å². The molecule has 0 unspecified atom stereocenters. The highest BCUT2D eigenvalue weighted by Crippen LogP contribution is 2.14. The molecule has 6 nitrogen and oxygen atoms in total. The number of amides is 1. The van der Waals surface area contributed by atoms with Crippen molar-refractivity contribution in [3.8, 4) is 5.69 Å². The highest BCUT2D eigenvalue weighted by molar-refractivity contribution is 5.91. The molecule has 1 heterocycles. The lowest BCUT2D eigenvalue weighted by Gasteiger charge is -2.07. The largest absolute Gasteiger partial charge is 0.330 e. The van der Waals surface area contributed by atoms with E-state index >= 15 is 0 Å². The van der Waals surface area contributed by atoms with E-state index in [0.29, 0.717) is 18.7 Å². The van der Waals surface area contributed by atoms with Crippen LogP contribution in [0.25, 0.3) is 5.69 Å². The molecule has 138 valence electrons. The van der Waals surface area contributed by atoms with Crippen LogP contribution in [0.1, 0.15) is 37.8 Å². The topological polar surface area (TPSA) is 82.1 Å². The summed E-state index contributed by atoms with van der Waals surface area (Å²) in [5.74, 6) is -0.117. The Hall–Kier alpha value is -2.05. The van der Waals surface area contributed by atoms with Gasteiger partial charge in [-0.2, -0.15) is 0 Å². The highest BCUT2D eigenvalue weighted by atomic mass is 35.5. The summed E-state index contributed by atoms with van der Waals surface area (Å²) in [5, 5.41) is 2.78. The minimum atomic E-state index is -0.210. The molecule has 0 radical (unpaired) electrons. The molecule has 3 N–H and O–H groups in total. The standard InChI is InChI=1S/C18H26N4O2.ClH/c1-14-17(20-16(23)12-8-3-4-9-13-19)18(24)22(21(14)2)15-10-6-5-7-11-15;/h5-7,10-11H,3-4,8-9,12-13,19H2,1-2H3,(H,20,23);1H. The normalized spacial score (nSPS) is 10.4. The fourth-order valence-corrected chi connectivity index (χ4v) is 2.70. The van der Waals surface area contributed by atoms with Crippen LogP contribution >= 0.6 is 12.4 Å². The van der Waals surface area contributed by atoms with Gasteiger partial charge in [0.1, 0.15) is 5.69 Å². The van der Waals surface area contributed by atoms with Crippen LogP contribution in [-0.4, -0.2) is 21.8 Å². The van der Waals surface area contributed by atoms with Crippen molar-refractivity contribution in [3.05, 3.63) is 46.4 Å². The maximum atomic E-state index is 12.7. The van der Waals surface area contributed by atoms with Gasteiger partial charge in [-0.25, -0.2) is 4.68 Å². The zero-order valence-electron chi connectivity index (χ0n) is 14.8. The van der Waals surface area contributed by atoms with Gasteiger partial charge in [-0.15, -0.1) is 12.4 Å². The first kappa shape index (κ1) is 21.0. The Morgan fingerprint density at radius 3 is 2.40 bits per heavy atom. The number of benzene rings is 1. The summed E-state index contributed by atoms with van der Waals surface area (Å²) in [6, 6.07) is 9.39. The lowest BCUT2D eigenvalue weighted by atomic mass is 10.1. The number of nitrogens with one attached hydrogen (secondary N) is 1. The number of nitrogens with zero attached hydrogens (tertiary/aromatic N) is 2. The summed E-state index contributed by atoms with van der Waals surface area (Å²) >= 11 is 0. The van der Waals surface area contributed by atoms with Crippen LogP contribution < -0.4 is 16.6 Å². The van der Waals surface area contributed by atoms with Crippen molar-refractivity contribution >= 4 is 24.0 Å². The van der Waals surface area contributed by atoms with Gasteiger partial charge in [0.25, 0.3) is 5.56 Å². The molecule has 0 saturated heterocycles. The molecule has 0 saturated carbocycles. The van der Waals surface area contributed by atoms with E-state index in [4.69, 9.17) is 5.73 Å². The Labute approximate surface area is 154 Å². The predicted molar refractivity (Wildman–Crippen MR) is 104 cm³/mol. The molecule has 1 aromatic carbocycles. The van der Waals surface area contributed by atoms with E-state index in [1.807, 2.05) is 44.3 Å². The number of unbranched alkanes of at least 4 members (excludes halogenated alkanes) is 3. The van der Waals surface area contributed by atoms with Crippen LogP contribution in [0.3, 0.4) is 0 Å². The molecule has 0 bridgehead atoms. The van der Waals surface area contributed by atoms with Gasteiger partial charge in [-0.05, 0) is 38.4 Å². The van der Waals surface area contributed by atoms with E-state index in [1.54, 1.807) is 9.36 Å². The van der Waals surface area contributed by atoms with E-state index < -0.39 is 0 Å². The number of halogens is 1. The van der Waals surface area contributed by atoms with Crippen LogP contribution in [0.5, 0.6) is 0 Å². The molecule has 0 fully saturated rings. The van der Waals surface area contributed by atoms with Gasteiger partial charge in [0.05, 0.1) is 11.4 Å². The molecule has 0 atom stereocenters. The molecule has 7 heteroatoms. The van der Waals surface area contributed by atoms with Crippen molar-refractivity contribution in [1.82, 2.24) is 9.36 Å². The third kappa shape index (κ3) is 5.21. The molecule has 0 aliphatic rings. The lowest BCUT2D eigenvalue weighted by molar-refractivity contribution is -0.116. The second-order valence-corrected chi connectivity index (χ2v) is 5.94. The summed E-state index contributed by atoms with van der Waals surface area (Å²) in [7, 11) is 1.81. The third-order valence-corrected chi connectivity index (χ3v) is 4.18. The van der Waals surface area contributed by atoms with Gasteiger partial charge >= 0.3 is 0 Å². The second kappa shape index (κ2) is 10.1. The highest BCUT2D eigenvalue weighted by Gasteiger charge is 2.17. The molecule has 1 aromatic heterocycles. The summed E-state index contributed by atoms with van der Waals surface area (Å²) < 4.78 is 3.32. The number of carbonyl (C=O) groups excluding carboxylic acids is 1. The van der Waals surface area contributed by atoms with Crippen molar-refractivity contribution < 1.29 is 4.79 Å². The van der Waals surface area contributed by atoms with E-state index in [-0.39, 0.29) is 23.9 Å². The number of hydrogen-bond acceptors (Lipinski definition) is 3. The van der Waals surface area contributed by atoms with Crippen LogP contribution in [0.15, 0.2) is 35.1 Å². The van der Waals surface area contributed by atoms with Gasteiger partial charge in [0.15, 0.2) is 0 Å². The van der Waals surface area contributed by atoms with E-state index in [2.05, 4.69) is 5.32 Å². The average molecular weight is 367 g/mol. The molecule has 2 aromatic rings. The molecular weight excluding hydrogens is 340 g/mol. The number of carbonyl (C=O) groups is 1. The second-order valence-electron chi connectivity index (χ2n) is 5.94. The molecule has 25 heavy (non-hydrogen) atoms. The van der Waals surface area contributed by atoms with Crippen molar-refractivity contribution in [3.63, 3.8) is 0 Å². The molecule has 2 rings (SSSR count). The minimum Gasteiger partial charge on any atom is -0.330 e. The Kier molecular flexibility index (Phi) is 8.45. The Balaban J connectivity index is 0.00000312. The number of anilines is 1. The van der Waals surface area contributed by atoms with Crippen LogP contribution in [-0.2, 0) is 11.8 Å². The van der Waals surface area contributed by atoms with E-state index in [0.717, 1.165) is 37.1 Å². The number of rotatable bonds is 8. The van der Waals surface area contributed by atoms with Crippen LogP contribution in [0, 0.1) is 6.92 Å². The zero-order valence-corrected chi connectivity index (χ0v) is 15.6. The Morgan fingerprint density at radius 2 is 1.76 bits per heavy atom. The van der Waals surface area contributed by atoms with E-state index in [9.17, 15) is 9.59 Å². The Bertz CT molecular complexity index is 738. The first-order valence-electron chi connectivity index (χ1n) is 8.40. The maximum Gasteiger partial charge on any atom is 0.295 e. The van der Waals surface area contributed by atoms with Crippen LogP contribution in [0.4, 0.5) is 5.69 Å². The summed E-state index contributed by atoms with van der Waals surface area (Å²) in [4.78, 5) is 24.8. The first-order valence-corrected chi connectivity index (χ1v) is 8.40. The van der Waals surface area contributed by atoms with Crippen molar-refractivity contribution in [2.75, 3.05) is 11.9 Å². The number of nitrogens with two attached hydrogens (primary N) is 1. The van der Waals surface area contributed by atoms with Gasteiger partial charge in [-0.1, -0.05) is 31.0 Å². The van der Waals surface area contributed by atoms with Crippen molar-refractivity contribution in [2.24, 2.45) is 12.8 Å². The van der Waals surface area contributed by atoms with Crippen molar-refractivity contribution in [2.45, 2.75) is 39.0 Å². The average Bonchev–Trinajstić information content (AvgIpc) is 2.79. The third-order valence-electron chi connectivity index (χ3n) is 4.18. The van der Waals surface area contributed by atoms with E-state index in [1.165, 1.54) is 0 Å². The SMILES string of the molecule is Cc1c(NC(=O)CCCCCCN)c(=O)n(-c2ccccc2)n1C.Cl. The summed E-state index contributed by atoms with van der Waals surface area (Å²) in [6.45, 7) is 2.52. The fourth-order valence-electron chi connectivity index (χ4n) is 2.70. The molecule has 0 aliphatic heterocycles. The monoisotopic (exact) mass is 366 g/mol. The maximum absolute atomic E-state index is 12.7. The van der Waals surface area contributed by atoms with Gasteiger partial charge in [0.2, 0.25) is 5.91 Å². The predicted octanol–water partition coefficient (Wildman–Crippen LogP) is 2.75. The summed E-state index contributed by atoms with van der Waals surface area (Å²) in [6.07, 6.45) is 4.23. The van der Waals surface area contributed by atoms with Gasteiger partial charge < -0.3 is 11.1 Å². The summed E-state index contributed by atoms with van der Waals surface area (Å²) in [5.41, 5.74) is 7.11.